The van der Waals surface area contributed by atoms with Gasteiger partial charge < -0.3 is 4.90 Å². The van der Waals surface area contributed by atoms with Gasteiger partial charge in [0.1, 0.15) is 15.8 Å². The van der Waals surface area contributed by atoms with Crippen molar-refractivity contribution in [3.8, 4) is 0 Å². The molecule has 176 valence electrons. The van der Waals surface area contributed by atoms with Gasteiger partial charge in [0.2, 0.25) is 0 Å². The lowest BCUT2D eigenvalue weighted by molar-refractivity contribution is -0.123. The van der Waals surface area contributed by atoms with E-state index in [0.29, 0.717) is 26.3 Å². The van der Waals surface area contributed by atoms with Crippen LogP contribution >= 0.6 is 24.0 Å². The molecule has 1 unspecified atom stereocenters. The molecule has 1 saturated heterocycles. The highest BCUT2D eigenvalue weighted by Crippen LogP contribution is 2.38. The number of carbonyl (C=O) groups is 1. The van der Waals surface area contributed by atoms with Gasteiger partial charge >= 0.3 is 0 Å². The first-order valence-electron chi connectivity index (χ1n) is 11.5. The smallest absolute Gasteiger partial charge is 0.267 e. The largest absolute Gasteiger partial charge is 0.356 e. The number of thiocarbonyl (C=S) groups is 1. The van der Waals surface area contributed by atoms with Crippen molar-refractivity contribution in [3.05, 3.63) is 81.1 Å². The molecule has 1 amide bonds. The van der Waals surface area contributed by atoms with Gasteiger partial charge in [-0.25, -0.2) is 4.98 Å². The molecule has 3 aromatic rings. The summed E-state index contributed by atoms with van der Waals surface area (Å²) in [6.07, 6.45) is 5.23. The van der Waals surface area contributed by atoms with Gasteiger partial charge in [-0.3, -0.25) is 18.9 Å². The summed E-state index contributed by atoms with van der Waals surface area (Å²) in [7, 11) is 0. The molecule has 34 heavy (non-hydrogen) atoms. The predicted octanol–water partition coefficient (Wildman–Crippen LogP) is 5.28. The summed E-state index contributed by atoms with van der Waals surface area (Å²) in [5, 5.41) is 0. The molecule has 3 heterocycles. The Bertz CT molecular complexity index is 1300. The fourth-order valence-electron chi connectivity index (χ4n) is 4.15. The van der Waals surface area contributed by atoms with Crippen LogP contribution in [-0.2, 0) is 4.79 Å². The van der Waals surface area contributed by atoms with E-state index in [9.17, 15) is 9.59 Å². The maximum Gasteiger partial charge on any atom is 0.267 e. The van der Waals surface area contributed by atoms with Crippen molar-refractivity contribution in [1.82, 2.24) is 14.3 Å². The van der Waals surface area contributed by atoms with E-state index < -0.39 is 0 Å². The molecule has 6 nitrogen and oxygen atoms in total. The number of amides is 1. The monoisotopic (exact) mass is 492 g/mol. The second-order valence-corrected chi connectivity index (χ2v) is 9.88. The van der Waals surface area contributed by atoms with E-state index in [4.69, 9.17) is 17.2 Å². The summed E-state index contributed by atoms with van der Waals surface area (Å²) in [6.45, 7) is 7.72. The highest BCUT2D eigenvalue weighted by Gasteiger charge is 2.36. The lowest BCUT2D eigenvalue weighted by atomic mass is 10.1. The van der Waals surface area contributed by atoms with Crippen LogP contribution < -0.4 is 10.5 Å². The molecular formula is C26H28N4O2S2. The lowest BCUT2D eigenvalue weighted by Gasteiger charge is -2.24. The molecule has 0 radical (unpaired) electrons. The van der Waals surface area contributed by atoms with Crippen LogP contribution in [0.5, 0.6) is 0 Å². The van der Waals surface area contributed by atoms with Crippen LogP contribution in [0.4, 0.5) is 5.82 Å². The van der Waals surface area contributed by atoms with Crippen molar-refractivity contribution in [2.75, 3.05) is 18.0 Å². The number of thioether (sulfide) groups is 1. The third-order valence-corrected chi connectivity index (χ3v) is 7.13. The maximum absolute atomic E-state index is 13.6. The number of benzene rings is 1. The number of pyridine rings is 1. The molecule has 0 N–H and O–H groups in total. The predicted molar refractivity (Wildman–Crippen MR) is 144 cm³/mol. The Kier molecular flexibility index (Phi) is 7.48. The van der Waals surface area contributed by atoms with E-state index in [1.807, 2.05) is 49.4 Å². The minimum absolute atomic E-state index is 0.188. The average Bonchev–Trinajstić information content (AvgIpc) is 3.13. The van der Waals surface area contributed by atoms with Crippen molar-refractivity contribution in [2.24, 2.45) is 0 Å². The molecule has 0 aliphatic carbocycles. The van der Waals surface area contributed by atoms with Gasteiger partial charge in [-0.1, -0.05) is 74.2 Å². The normalized spacial score (nSPS) is 16.0. The molecule has 0 spiro atoms. The van der Waals surface area contributed by atoms with Gasteiger partial charge in [0, 0.05) is 19.3 Å². The third kappa shape index (κ3) is 4.65. The van der Waals surface area contributed by atoms with E-state index in [1.54, 1.807) is 23.2 Å². The molecule has 2 aromatic heterocycles. The Morgan fingerprint density at radius 1 is 1.06 bits per heavy atom. The molecule has 1 aliphatic heterocycles. The van der Waals surface area contributed by atoms with Crippen LogP contribution in [0.3, 0.4) is 0 Å². The zero-order chi connectivity index (χ0) is 24.2. The molecule has 1 aliphatic rings. The van der Waals surface area contributed by atoms with Crippen molar-refractivity contribution >= 4 is 51.7 Å². The van der Waals surface area contributed by atoms with Crippen LogP contribution in [-0.4, -0.2) is 37.6 Å². The Labute approximate surface area is 209 Å². The topological polar surface area (TPSA) is 57.9 Å². The third-order valence-electron chi connectivity index (χ3n) is 5.80. The van der Waals surface area contributed by atoms with E-state index in [-0.39, 0.29) is 17.5 Å². The molecule has 0 saturated carbocycles. The summed E-state index contributed by atoms with van der Waals surface area (Å²) in [6, 6.07) is 15.1. The fraction of sp³-hybridized carbons (Fsp3) is 0.308. The highest BCUT2D eigenvalue weighted by molar-refractivity contribution is 8.26. The van der Waals surface area contributed by atoms with Gasteiger partial charge in [-0.2, -0.15) is 0 Å². The molecule has 4 rings (SSSR count). The Hall–Kier alpha value is -2.97. The number of anilines is 1. The first-order valence-corrected chi connectivity index (χ1v) is 12.8. The molecule has 8 heteroatoms. The van der Waals surface area contributed by atoms with Gasteiger partial charge in [0.15, 0.2) is 0 Å². The summed E-state index contributed by atoms with van der Waals surface area (Å²) >= 11 is 6.82. The van der Waals surface area contributed by atoms with E-state index in [2.05, 4.69) is 18.7 Å². The van der Waals surface area contributed by atoms with Crippen molar-refractivity contribution < 1.29 is 4.79 Å². The number of hydrogen-bond acceptors (Lipinski definition) is 6. The van der Waals surface area contributed by atoms with Gasteiger partial charge in [0.25, 0.3) is 11.5 Å². The fourth-order valence-corrected chi connectivity index (χ4v) is 5.55. The standard InChI is InChI=1S/C26H28N4O2S2/c1-4-14-28(15-5-2)23-20(24(31)29-16-10-9-13-22(29)27-23)17-21-25(32)30(26(33)34-21)18(3)19-11-7-6-8-12-19/h6-13,16-18H,4-5,14-15H2,1-3H3/b21-17-. The highest BCUT2D eigenvalue weighted by atomic mass is 32.2. The number of aromatic nitrogens is 2. The van der Waals surface area contributed by atoms with Crippen LogP contribution in [0, 0.1) is 0 Å². The zero-order valence-electron chi connectivity index (χ0n) is 19.6. The molecule has 1 atom stereocenters. The van der Waals surface area contributed by atoms with E-state index in [1.165, 1.54) is 16.2 Å². The van der Waals surface area contributed by atoms with Crippen LogP contribution in [0.2, 0.25) is 0 Å². The Balaban J connectivity index is 1.81. The maximum atomic E-state index is 13.6. The first-order chi connectivity index (χ1) is 16.5. The van der Waals surface area contributed by atoms with E-state index >= 15 is 0 Å². The number of rotatable bonds is 8. The average molecular weight is 493 g/mol. The number of hydrogen-bond donors (Lipinski definition) is 0. The molecular weight excluding hydrogens is 464 g/mol. The SMILES string of the molecule is CCCN(CCC)c1nc2ccccn2c(=O)c1/C=C1\SC(=S)N(C(C)c2ccccc2)C1=O. The van der Waals surface area contributed by atoms with Crippen LogP contribution in [0.25, 0.3) is 11.7 Å². The second-order valence-electron chi connectivity index (χ2n) is 8.21. The van der Waals surface area contributed by atoms with Gasteiger partial charge in [-0.15, -0.1) is 0 Å². The number of nitrogens with zero attached hydrogens (tertiary/aromatic N) is 4. The van der Waals surface area contributed by atoms with E-state index in [0.717, 1.165) is 31.5 Å². The van der Waals surface area contributed by atoms with Crippen molar-refractivity contribution in [2.45, 2.75) is 39.7 Å². The number of carbonyl (C=O) groups excluding carboxylic acids is 1. The van der Waals surface area contributed by atoms with Crippen molar-refractivity contribution in [1.29, 1.82) is 0 Å². The second kappa shape index (κ2) is 10.5. The Morgan fingerprint density at radius 3 is 2.41 bits per heavy atom. The minimum atomic E-state index is -0.202. The first kappa shape index (κ1) is 24.2. The summed E-state index contributed by atoms with van der Waals surface area (Å²) < 4.78 is 2.01. The quantitative estimate of drug-likeness (QED) is 0.315. The van der Waals surface area contributed by atoms with Crippen LogP contribution in [0.1, 0.15) is 50.8 Å². The summed E-state index contributed by atoms with van der Waals surface area (Å²) in [4.78, 5) is 36.0. The molecule has 0 bridgehead atoms. The summed E-state index contributed by atoms with van der Waals surface area (Å²) in [5.74, 6) is 0.425. The minimum Gasteiger partial charge on any atom is -0.356 e. The molecule has 1 aromatic carbocycles. The molecule has 1 fully saturated rings. The summed E-state index contributed by atoms with van der Waals surface area (Å²) in [5.41, 5.74) is 1.81. The zero-order valence-corrected chi connectivity index (χ0v) is 21.2. The Morgan fingerprint density at radius 2 is 1.74 bits per heavy atom. The van der Waals surface area contributed by atoms with Gasteiger partial charge in [0.05, 0.1) is 16.5 Å². The number of fused-ring (bicyclic) bond motifs is 1. The lowest BCUT2D eigenvalue weighted by Crippen LogP contribution is -2.32. The van der Waals surface area contributed by atoms with Crippen molar-refractivity contribution in [3.63, 3.8) is 0 Å². The van der Waals surface area contributed by atoms with Gasteiger partial charge in [-0.05, 0) is 43.5 Å². The van der Waals surface area contributed by atoms with Crippen LogP contribution in [0.15, 0.2) is 64.4 Å².